The van der Waals surface area contributed by atoms with Crippen LogP contribution < -0.4 is 4.74 Å². The van der Waals surface area contributed by atoms with Gasteiger partial charge in [-0.25, -0.2) is 0 Å². The van der Waals surface area contributed by atoms with Crippen molar-refractivity contribution in [1.82, 2.24) is 4.90 Å². The normalized spacial score (nSPS) is 16.8. The molecular weight excluding hydrogens is 270 g/mol. The second-order valence-electron chi connectivity index (χ2n) is 5.24. The van der Waals surface area contributed by atoms with Gasteiger partial charge < -0.3 is 9.64 Å². The second kappa shape index (κ2) is 6.19. The number of fused-ring (bicyclic) bond motifs is 1. The van der Waals surface area contributed by atoms with Gasteiger partial charge in [0, 0.05) is 38.2 Å². The highest BCUT2D eigenvalue weighted by Gasteiger charge is 2.17. The van der Waals surface area contributed by atoms with Crippen molar-refractivity contribution in [2.75, 3.05) is 14.1 Å². The van der Waals surface area contributed by atoms with Gasteiger partial charge in [0.05, 0.1) is 0 Å². The van der Waals surface area contributed by atoms with Gasteiger partial charge in [-0.2, -0.15) is 0 Å². The molecule has 0 amide bonds. The fraction of sp³-hybridized carbons (Fsp3) is 0.294. The first kappa shape index (κ1) is 14.7. The number of halogens is 1. The number of hydrogen-bond donors (Lipinski definition) is 0. The molecule has 2 nitrogen and oxygen atoms in total. The Bertz CT molecular complexity index is 584. The molecule has 20 heavy (non-hydrogen) atoms. The van der Waals surface area contributed by atoms with Gasteiger partial charge in [0.15, 0.2) is 0 Å². The van der Waals surface area contributed by atoms with Crippen LogP contribution in [0.2, 0.25) is 0 Å². The Morgan fingerprint density at radius 1 is 1.15 bits per heavy atom. The Morgan fingerprint density at radius 3 is 2.75 bits per heavy atom. The second-order valence-corrected chi connectivity index (χ2v) is 5.24. The van der Waals surface area contributed by atoms with E-state index in [1.165, 1.54) is 11.3 Å². The molecule has 0 radical (unpaired) electrons. The summed E-state index contributed by atoms with van der Waals surface area (Å²) in [5.41, 5.74) is 3.78. The maximum absolute atomic E-state index is 6.13. The number of rotatable bonds is 1. The lowest BCUT2D eigenvalue weighted by Crippen LogP contribution is -2.15. The topological polar surface area (TPSA) is 12.5 Å². The number of para-hydroxylation sites is 1. The van der Waals surface area contributed by atoms with E-state index in [-0.39, 0.29) is 12.4 Å². The molecule has 0 fully saturated rings. The van der Waals surface area contributed by atoms with Crippen LogP contribution in [0.3, 0.4) is 0 Å². The van der Waals surface area contributed by atoms with Crippen molar-refractivity contribution in [2.45, 2.75) is 19.3 Å². The maximum atomic E-state index is 6.13. The zero-order valence-electron chi connectivity index (χ0n) is 11.9. The van der Waals surface area contributed by atoms with E-state index in [1.807, 2.05) is 12.1 Å². The fourth-order valence-electron chi connectivity index (χ4n) is 2.51. The first-order chi connectivity index (χ1) is 9.24. The largest absolute Gasteiger partial charge is 0.461 e. The summed E-state index contributed by atoms with van der Waals surface area (Å²) in [5, 5.41) is 0. The summed E-state index contributed by atoms with van der Waals surface area (Å²) >= 11 is 0. The number of ether oxygens (including phenoxy) is 1. The van der Waals surface area contributed by atoms with E-state index in [1.54, 1.807) is 0 Å². The van der Waals surface area contributed by atoms with E-state index >= 15 is 0 Å². The van der Waals surface area contributed by atoms with Crippen LogP contribution in [0.25, 0.3) is 6.08 Å². The zero-order chi connectivity index (χ0) is 13.2. The van der Waals surface area contributed by atoms with Crippen LogP contribution in [0.4, 0.5) is 0 Å². The molecule has 3 heteroatoms. The van der Waals surface area contributed by atoms with Crippen LogP contribution in [0.5, 0.6) is 5.75 Å². The summed E-state index contributed by atoms with van der Waals surface area (Å²) in [4.78, 5) is 2.19. The monoisotopic (exact) mass is 289 g/mol. The molecule has 0 atom stereocenters. The number of benzene rings is 1. The third kappa shape index (κ3) is 2.91. The minimum absolute atomic E-state index is 0. The van der Waals surface area contributed by atoms with Crippen LogP contribution >= 0.6 is 12.4 Å². The molecule has 106 valence electrons. The molecule has 0 aromatic heterocycles. The van der Waals surface area contributed by atoms with Crippen LogP contribution in [-0.2, 0) is 0 Å². The Kier molecular flexibility index (Phi) is 4.56. The predicted molar refractivity (Wildman–Crippen MR) is 86.0 cm³/mol. The maximum Gasteiger partial charge on any atom is 0.134 e. The van der Waals surface area contributed by atoms with Gasteiger partial charge in [0.2, 0.25) is 0 Å². The van der Waals surface area contributed by atoms with E-state index in [4.69, 9.17) is 4.74 Å². The van der Waals surface area contributed by atoms with Gasteiger partial charge >= 0.3 is 0 Å². The van der Waals surface area contributed by atoms with Gasteiger partial charge in [0.25, 0.3) is 0 Å². The smallest absolute Gasteiger partial charge is 0.134 e. The van der Waals surface area contributed by atoms with Crippen molar-refractivity contribution < 1.29 is 4.74 Å². The van der Waals surface area contributed by atoms with E-state index in [0.29, 0.717) is 0 Å². The summed E-state index contributed by atoms with van der Waals surface area (Å²) in [6.07, 6.45) is 9.69. The fourth-order valence-corrected chi connectivity index (χ4v) is 2.51. The Labute approximate surface area is 126 Å². The molecule has 1 aromatic rings. The van der Waals surface area contributed by atoms with Crippen LogP contribution in [0, 0.1) is 0 Å². The van der Waals surface area contributed by atoms with Crippen molar-refractivity contribution in [1.29, 1.82) is 0 Å². The molecule has 0 saturated heterocycles. The van der Waals surface area contributed by atoms with E-state index < -0.39 is 0 Å². The quantitative estimate of drug-likeness (QED) is 0.760. The molecule has 1 heterocycles. The molecule has 1 aliphatic heterocycles. The molecule has 1 aromatic carbocycles. The lowest BCUT2D eigenvalue weighted by atomic mass is 9.98. The van der Waals surface area contributed by atoms with Gasteiger partial charge in [0.1, 0.15) is 11.5 Å². The standard InChI is InChI=1S/C17H19NO.ClH/c1-18(2)15-11-13-7-3-5-9-16(13)19-17-10-6-4-8-14(17)12-15;/h3-5,7-9,11H,6,10,12H2,1-2H3;1H. The average molecular weight is 290 g/mol. The van der Waals surface area contributed by atoms with Gasteiger partial charge in [-0.1, -0.05) is 30.4 Å². The average Bonchev–Trinajstić information content (AvgIpc) is 2.38. The number of hydrogen-bond acceptors (Lipinski definition) is 2. The van der Waals surface area contributed by atoms with E-state index in [9.17, 15) is 0 Å². The molecule has 0 bridgehead atoms. The van der Waals surface area contributed by atoms with Crippen molar-refractivity contribution in [2.24, 2.45) is 0 Å². The third-order valence-corrected chi connectivity index (χ3v) is 3.64. The van der Waals surface area contributed by atoms with Crippen molar-refractivity contribution in [3.63, 3.8) is 0 Å². The predicted octanol–water partition coefficient (Wildman–Crippen LogP) is 4.40. The zero-order valence-corrected chi connectivity index (χ0v) is 12.7. The van der Waals surface area contributed by atoms with Gasteiger partial charge in [-0.3, -0.25) is 0 Å². The highest BCUT2D eigenvalue weighted by Crippen LogP contribution is 2.33. The van der Waals surface area contributed by atoms with Crippen LogP contribution in [0.1, 0.15) is 24.8 Å². The summed E-state index contributed by atoms with van der Waals surface area (Å²) < 4.78 is 6.13. The number of nitrogens with zero attached hydrogens (tertiary/aromatic N) is 1. The highest BCUT2D eigenvalue weighted by molar-refractivity contribution is 5.85. The van der Waals surface area contributed by atoms with Gasteiger partial charge in [-0.05, 0) is 24.1 Å². The van der Waals surface area contributed by atoms with Crippen molar-refractivity contribution >= 4 is 18.5 Å². The summed E-state index contributed by atoms with van der Waals surface area (Å²) in [6.45, 7) is 0. The van der Waals surface area contributed by atoms with Gasteiger partial charge in [-0.15, -0.1) is 12.4 Å². The van der Waals surface area contributed by atoms with Crippen LogP contribution in [-0.4, -0.2) is 19.0 Å². The molecular formula is C17H20ClNO. The number of allylic oxidation sites excluding steroid dienone is 4. The molecule has 0 N–H and O–H groups in total. The molecule has 1 aliphatic carbocycles. The summed E-state index contributed by atoms with van der Waals surface area (Å²) in [5.74, 6) is 2.09. The summed E-state index contributed by atoms with van der Waals surface area (Å²) in [7, 11) is 4.20. The molecule has 3 rings (SSSR count). The molecule has 0 saturated carbocycles. The lowest BCUT2D eigenvalue weighted by molar-refractivity contribution is 0.390. The molecule has 2 aliphatic rings. The van der Waals surface area contributed by atoms with Crippen molar-refractivity contribution in [3.8, 4) is 5.75 Å². The Hall–Kier alpha value is -1.67. The Morgan fingerprint density at radius 2 is 1.95 bits per heavy atom. The van der Waals surface area contributed by atoms with E-state index in [2.05, 4.69) is 49.4 Å². The van der Waals surface area contributed by atoms with E-state index in [0.717, 1.165) is 36.3 Å². The summed E-state index contributed by atoms with van der Waals surface area (Å²) in [6, 6.07) is 8.25. The Balaban J connectivity index is 0.00000147. The third-order valence-electron chi connectivity index (χ3n) is 3.64. The first-order valence-electron chi connectivity index (χ1n) is 6.77. The van der Waals surface area contributed by atoms with Crippen LogP contribution in [0.15, 0.2) is 53.4 Å². The minimum atomic E-state index is 0. The SMILES string of the molecule is CN(C)C1=Cc2ccccc2OC2=C(C=CCC2)C1.Cl. The highest BCUT2D eigenvalue weighted by atomic mass is 35.5. The lowest BCUT2D eigenvalue weighted by Gasteiger charge is -2.25. The first-order valence-corrected chi connectivity index (χ1v) is 6.77. The molecule has 0 unspecified atom stereocenters. The molecule has 0 spiro atoms. The minimum Gasteiger partial charge on any atom is -0.461 e. The van der Waals surface area contributed by atoms with Crippen molar-refractivity contribution in [3.05, 3.63) is 59.0 Å².